The Balaban J connectivity index is 2.56. The van der Waals surface area contributed by atoms with E-state index in [1.807, 2.05) is 0 Å². The van der Waals surface area contributed by atoms with Crippen molar-refractivity contribution < 1.29 is 4.39 Å². The van der Waals surface area contributed by atoms with Crippen LogP contribution in [-0.2, 0) is 6.54 Å². The van der Waals surface area contributed by atoms with Gasteiger partial charge in [-0.3, -0.25) is 0 Å². The third-order valence-corrected chi connectivity index (χ3v) is 3.90. The quantitative estimate of drug-likeness (QED) is 0.856. The van der Waals surface area contributed by atoms with Crippen LogP contribution in [0.15, 0.2) is 22.7 Å². The molecule has 3 nitrogen and oxygen atoms in total. The van der Waals surface area contributed by atoms with Gasteiger partial charge in [-0.25, -0.2) is 9.37 Å². The van der Waals surface area contributed by atoms with Crippen LogP contribution in [0.5, 0.6) is 0 Å². The van der Waals surface area contributed by atoms with E-state index in [4.69, 9.17) is 10.7 Å². The molecule has 1 aromatic carbocycles. The monoisotopic (exact) mass is 353 g/mol. The molecule has 21 heavy (non-hydrogen) atoms. The van der Waals surface area contributed by atoms with E-state index in [0.717, 1.165) is 23.6 Å². The predicted octanol–water partition coefficient (Wildman–Crippen LogP) is 4.81. The Bertz CT molecular complexity index is 647. The second kappa shape index (κ2) is 6.18. The van der Waals surface area contributed by atoms with E-state index in [2.05, 4.69) is 48.2 Å². The molecule has 2 aromatic rings. The fourth-order valence-corrected chi connectivity index (χ4v) is 2.72. The fourth-order valence-electron chi connectivity index (χ4n) is 2.34. The number of rotatable bonds is 4. The number of hydrogen-bond donors (Lipinski definition) is 1. The molecule has 0 radical (unpaired) electrons. The molecule has 0 saturated carbocycles. The van der Waals surface area contributed by atoms with Gasteiger partial charge >= 0.3 is 0 Å². The van der Waals surface area contributed by atoms with E-state index in [1.54, 1.807) is 12.1 Å². The topological polar surface area (TPSA) is 43.8 Å². The number of anilines is 1. The standard InChI is InChI=1S/C16H21BrFN3/c1-9(2)8-21-15(19)14(20-16(21)10(3)4)11-5-6-13(18)12(17)7-11/h5-7,9-10H,8,19H2,1-4H3. The highest BCUT2D eigenvalue weighted by Crippen LogP contribution is 2.32. The van der Waals surface area contributed by atoms with Crippen LogP contribution in [0.4, 0.5) is 10.2 Å². The third kappa shape index (κ3) is 3.28. The summed E-state index contributed by atoms with van der Waals surface area (Å²) in [4.78, 5) is 4.70. The van der Waals surface area contributed by atoms with Gasteiger partial charge in [-0.15, -0.1) is 0 Å². The van der Waals surface area contributed by atoms with Gasteiger partial charge in [0.2, 0.25) is 0 Å². The Morgan fingerprint density at radius 1 is 1.29 bits per heavy atom. The van der Waals surface area contributed by atoms with Crippen LogP contribution in [-0.4, -0.2) is 9.55 Å². The van der Waals surface area contributed by atoms with Gasteiger partial charge in [0.05, 0.1) is 4.47 Å². The Hall–Kier alpha value is -1.36. The van der Waals surface area contributed by atoms with Gasteiger partial charge in [0.25, 0.3) is 0 Å². The van der Waals surface area contributed by atoms with Crippen molar-refractivity contribution in [3.05, 3.63) is 34.3 Å². The van der Waals surface area contributed by atoms with E-state index < -0.39 is 0 Å². The number of aromatic nitrogens is 2. The zero-order valence-electron chi connectivity index (χ0n) is 12.8. The molecule has 0 atom stereocenters. The number of nitrogens with two attached hydrogens (primary N) is 1. The number of halogens is 2. The molecule has 0 fully saturated rings. The van der Waals surface area contributed by atoms with E-state index in [1.165, 1.54) is 6.07 Å². The van der Waals surface area contributed by atoms with Crippen LogP contribution in [0.2, 0.25) is 0 Å². The molecule has 0 amide bonds. The van der Waals surface area contributed by atoms with Gasteiger partial charge in [0, 0.05) is 18.0 Å². The lowest BCUT2D eigenvalue weighted by molar-refractivity contribution is 0.502. The first-order valence-electron chi connectivity index (χ1n) is 7.12. The van der Waals surface area contributed by atoms with Crippen molar-refractivity contribution in [1.82, 2.24) is 9.55 Å². The van der Waals surface area contributed by atoms with Gasteiger partial charge < -0.3 is 10.3 Å². The number of nitrogen functional groups attached to an aromatic ring is 1. The van der Waals surface area contributed by atoms with E-state index in [9.17, 15) is 4.39 Å². The summed E-state index contributed by atoms with van der Waals surface area (Å²) in [5, 5.41) is 0. The first kappa shape index (κ1) is 16.0. The van der Waals surface area contributed by atoms with Gasteiger partial charge in [-0.05, 0) is 40.0 Å². The van der Waals surface area contributed by atoms with Crippen LogP contribution >= 0.6 is 15.9 Å². The normalized spacial score (nSPS) is 11.6. The maximum atomic E-state index is 13.4. The van der Waals surface area contributed by atoms with Gasteiger partial charge in [0.15, 0.2) is 0 Å². The van der Waals surface area contributed by atoms with Crippen molar-refractivity contribution in [3.8, 4) is 11.3 Å². The number of imidazole rings is 1. The van der Waals surface area contributed by atoms with Crippen LogP contribution < -0.4 is 5.73 Å². The second-order valence-corrected chi connectivity index (χ2v) is 6.85. The van der Waals surface area contributed by atoms with Crippen molar-refractivity contribution in [2.45, 2.75) is 40.2 Å². The molecule has 1 heterocycles. The molecule has 0 saturated heterocycles. The molecular weight excluding hydrogens is 333 g/mol. The molecule has 0 aliphatic carbocycles. The Morgan fingerprint density at radius 3 is 2.48 bits per heavy atom. The molecule has 114 valence electrons. The molecule has 1 aromatic heterocycles. The van der Waals surface area contributed by atoms with Crippen molar-refractivity contribution >= 4 is 21.7 Å². The van der Waals surface area contributed by atoms with Crippen molar-refractivity contribution in [3.63, 3.8) is 0 Å². The van der Waals surface area contributed by atoms with Gasteiger partial charge in [-0.2, -0.15) is 0 Å². The lowest BCUT2D eigenvalue weighted by Gasteiger charge is -2.14. The van der Waals surface area contributed by atoms with Gasteiger partial charge in [0.1, 0.15) is 23.2 Å². The Labute approximate surface area is 133 Å². The molecular formula is C16H21BrFN3. The highest BCUT2D eigenvalue weighted by molar-refractivity contribution is 9.10. The first-order chi connectivity index (χ1) is 9.81. The first-order valence-corrected chi connectivity index (χ1v) is 7.91. The van der Waals surface area contributed by atoms with Crippen LogP contribution in [0.25, 0.3) is 11.3 Å². The zero-order chi connectivity index (χ0) is 15.7. The molecule has 0 aliphatic rings. The van der Waals surface area contributed by atoms with E-state index >= 15 is 0 Å². The molecule has 5 heteroatoms. The average molecular weight is 354 g/mol. The molecule has 0 unspecified atom stereocenters. The highest BCUT2D eigenvalue weighted by atomic mass is 79.9. The average Bonchev–Trinajstić information content (AvgIpc) is 2.70. The maximum absolute atomic E-state index is 13.4. The summed E-state index contributed by atoms with van der Waals surface area (Å²) in [5.41, 5.74) is 7.85. The summed E-state index contributed by atoms with van der Waals surface area (Å²) >= 11 is 3.21. The highest BCUT2D eigenvalue weighted by Gasteiger charge is 2.19. The number of benzene rings is 1. The molecule has 0 bridgehead atoms. The van der Waals surface area contributed by atoms with Crippen molar-refractivity contribution in [2.24, 2.45) is 5.92 Å². The van der Waals surface area contributed by atoms with Crippen LogP contribution in [0, 0.1) is 11.7 Å². The van der Waals surface area contributed by atoms with Gasteiger partial charge in [-0.1, -0.05) is 27.7 Å². The zero-order valence-corrected chi connectivity index (χ0v) is 14.4. The summed E-state index contributed by atoms with van der Waals surface area (Å²) in [6.45, 7) is 9.33. The Kier molecular flexibility index (Phi) is 4.71. The Morgan fingerprint density at radius 2 is 1.95 bits per heavy atom. The fraction of sp³-hybridized carbons (Fsp3) is 0.438. The van der Waals surface area contributed by atoms with Crippen molar-refractivity contribution in [1.29, 1.82) is 0 Å². The number of hydrogen-bond acceptors (Lipinski definition) is 2. The number of nitrogens with zero attached hydrogens (tertiary/aromatic N) is 2. The maximum Gasteiger partial charge on any atom is 0.137 e. The summed E-state index contributed by atoms with van der Waals surface area (Å²) in [7, 11) is 0. The minimum atomic E-state index is -0.289. The predicted molar refractivity (Wildman–Crippen MR) is 88.7 cm³/mol. The summed E-state index contributed by atoms with van der Waals surface area (Å²) in [5.74, 6) is 2.08. The smallest absolute Gasteiger partial charge is 0.137 e. The van der Waals surface area contributed by atoms with E-state index in [0.29, 0.717) is 16.2 Å². The molecule has 0 aliphatic heterocycles. The summed E-state index contributed by atoms with van der Waals surface area (Å²) in [6.07, 6.45) is 0. The SMILES string of the molecule is CC(C)Cn1c(C(C)C)nc(-c2ccc(F)c(Br)c2)c1N. The summed E-state index contributed by atoms with van der Waals surface area (Å²) in [6, 6.07) is 4.86. The van der Waals surface area contributed by atoms with Crippen LogP contribution in [0.3, 0.4) is 0 Å². The molecule has 2 rings (SSSR count). The minimum absolute atomic E-state index is 0.281. The molecule has 2 N–H and O–H groups in total. The lowest BCUT2D eigenvalue weighted by atomic mass is 10.1. The van der Waals surface area contributed by atoms with Crippen molar-refractivity contribution in [2.75, 3.05) is 5.73 Å². The third-order valence-electron chi connectivity index (χ3n) is 3.29. The van der Waals surface area contributed by atoms with E-state index in [-0.39, 0.29) is 11.7 Å². The largest absolute Gasteiger partial charge is 0.383 e. The van der Waals surface area contributed by atoms with Crippen LogP contribution in [0.1, 0.15) is 39.4 Å². The minimum Gasteiger partial charge on any atom is -0.383 e. The second-order valence-electron chi connectivity index (χ2n) is 5.99. The molecule has 0 spiro atoms. The lowest BCUT2D eigenvalue weighted by Crippen LogP contribution is -2.12. The summed E-state index contributed by atoms with van der Waals surface area (Å²) < 4.78 is 15.9.